The summed E-state index contributed by atoms with van der Waals surface area (Å²) in [5.41, 5.74) is 1.30. The summed E-state index contributed by atoms with van der Waals surface area (Å²) in [6.45, 7) is 5.19. The zero-order valence-corrected chi connectivity index (χ0v) is 9.62. The lowest BCUT2D eigenvalue weighted by Gasteiger charge is -2.16. The third-order valence-electron chi connectivity index (χ3n) is 2.91. The molecule has 1 aliphatic rings. The van der Waals surface area contributed by atoms with Gasteiger partial charge >= 0.3 is 0 Å². The SMILES string of the molecule is Cc1occc1CN(C)CCNC1CC1. The number of likely N-dealkylation sites (N-methyl/N-ethyl adjacent to an activating group) is 1. The molecule has 3 heteroatoms. The minimum absolute atomic E-state index is 0.814. The Morgan fingerprint density at radius 3 is 2.93 bits per heavy atom. The van der Waals surface area contributed by atoms with E-state index in [2.05, 4.69) is 23.3 Å². The van der Waals surface area contributed by atoms with Crippen molar-refractivity contribution in [3.63, 3.8) is 0 Å². The highest BCUT2D eigenvalue weighted by Crippen LogP contribution is 2.18. The van der Waals surface area contributed by atoms with Crippen molar-refractivity contribution in [2.24, 2.45) is 0 Å². The monoisotopic (exact) mass is 208 g/mol. The van der Waals surface area contributed by atoms with Crippen LogP contribution in [0, 0.1) is 6.92 Å². The van der Waals surface area contributed by atoms with Crippen LogP contribution in [-0.2, 0) is 6.54 Å². The predicted molar refractivity (Wildman–Crippen MR) is 60.8 cm³/mol. The molecule has 0 radical (unpaired) electrons. The van der Waals surface area contributed by atoms with Crippen molar-refractivity contribution < 1.29 is 4.42 Å². The van der Waals surface area contributed by atoms with Crippen LogP contribution < -0.4 is 5.32 Å². The van der Waals surface area contributed by atoms with Crippen molar-refractivity contribution in [3.8, 4) is 0 Å². The predicted octanol–water partition coefficient (Wildman–Crippen LogP) is 1.77. The Labute approximate surface area is 91.4 Å². The Morgan fingerprint density at radius 2 is 2.33 bits per heavy atom. The first-order valence-corrected chi connectivity index (χ1v) is 5.70. The van der Waals surface area contributed by atoms with Crippen molar-refractivity contribution in [1.29, 1.82) is 0 Å². The van der Waals surface area contributed by atoms with Gasteiger partial charge in [-0.25, -0.2) is 0 Å². The van der Waals surface area contributed by atoms with Crippen LogP contribution >= 0.6 is 0 Å². The van der Waals surface area contributed by atoms with E-state index in [0.29, 0.717) is 0 Å². The molecule has 0 unspecified atom stereocenters. The van der Waals surface area contributed by atoms with Crippen molar-refractivity contribution in [2.45, 2.75) is 32.4 Å². The molecule has 2 rings (SSSR count). The van der Waals surface area contributed by atoms with Crippen molar-refractivity contribution >= 4 is 0 Å². The fourth-order valence-electron chi connectivity index (χ4n) is 1.69. The van der Waals surface area contributed by atoms with Crippen LogP contribution in [0.15, 0.2) is 16.7 Å². The minimum atomic E-state index is 0.814. The van der Waals surface area contributed by atoms with E-state index in [1.807, 2.05) is 6.92 Å². The maximum Gasteiger partial charge on any atom is 0.105 e. The molecule has 0 spiro atoms. The quantitative estimate of drug-likeness (QED) is 0.772. The third kappa shape index (κ3) is 3.36. The van der Waals surface area contributed by atoms with Gasteiger partial charge in [0.05, 0.1) is 6.26 Å². The second kappa shape index (κ2) is 4.81. The highest BCUT2D eigenvalue weighted by molar-refractivity contribution is 5.14. The Hall–Kier alpha value is -0.800. The van der Waals surface area contributed by atoms with Gasteiger partial charge in [-0.05, 0) is 32.9 Å². The summed E-state index contributed by atoms with van der Waals surface area (Å²) in [6, 6.07) is 2.87. The van der Waals surface area contributed by atoms with Crippen LogP contribution in [-0.4, -0.2) is 31.1 Å². The van der Waals surface area contributed by atoms with Crippen molar-refractivity contribution in [2.75, 3.05) is 20.1 Å². The minimum Gasteiger partial charge on any atom is -0.469 e. The molecule has 1 heterocycles. The second-order valence-corrected chi connectivity index (χ2v) is 4.47. The summed E-state index contributed by atoms with van der Waals surface area (Å²) in [5, 5.41) is 3.52. The number of furan rings is 1. The molecule has 15 heavy (non-hydrogen) atoms. The third-order valence-corrected chi connectivity index (χ3v) is 2.91. The molecule has 0 amide bonds. The van der Waals surface area contributed by atoms with Crippen LogP contribution in [0.3, 0.4) is 0 Å². The van der Waals surface area contributed by atoms with Crippen LogP contribution in [0.2, 0.25) is 0 Å². The average Bonchev–Trinajstić information content (AvgIpc) is 2.93. The van der Waals surface area contributed by atoms with E-state index in [4.69, 9.17) is 4.42 Å². The highest BCUT2D eigenvalue weighted by atomic mass is 16.3. The van der Waals surface area contributed by atoms with Gasteiger partial charge in [-0.2, -0.15) is 0 Å². The summed E-state index contributed by atoms with van der Waals surface area (Å²) in [7, 11) is 2.15. The van der Waals surface area contributed by atoms with Gasteiger partial charge in [0, 0.05) is 31.2 Å². The summed E-state index contributed by atoms with van der Waals surface area (Å²) in [4.78, 5) is 2.33. The summed E-state index contributed by atoms with van der Waals surface area (Å²) >= 11 is 0. The average molecular weight is 208 g/mol. The van der Waals surface area contributed by atoms with Gasteiger partial charge < -0.3 is 14.6 Å². The molecule has 1 aromatic heterocycles. The lowest BCUT2D eigenvalue weighted by atomic mass is 10.2. The standard InChI is InChI=1S/C12H20N2O/c1-10-11(5-8-15-10)9-14(2)7-6-13-12-3-4-12/h5,8,12-13H,3-4,6-7,9H2,1-2H3. The maximum absolute atomic E-state index is 5.28. The zero-order chi connectivity index (χ0) is 10.7. The van der Waals surface area contributed by atoms with E-state index in [0.717, 1.165) is 31.4 Å². The van der Waals surface area contributed by atoms with E-state index in [1.54, 1.807) is 6.26 Å². The lowest BCUT2D eigenvalue weighted by molar-refractivity contribution is 0.321. The van der Waals surface area contributed by atoms with Crippen molar-refractivity contribution in [3.05, 3.63) is 23.7 Å². The van der Waals surface area contributed by atoms with Gasteiger partial charge in [-0.1, -0.05) is 0 Å². The van der Waals surface area contributed by atoms with Crippen LogP contribution in [0.5, 0.6) is 0 Å². The Morgan fingerprint density at radius 1 is 1.53 bits per heavy atom. The molecule has 1 N–H and O–H groups in total. The van der Waals surface area contributed by atoms with E-state index < -0.39 is 0 Å². The molecule has 0 aromatic carbocycles. The summed E-state index contributed by atoms with van der Waals surface area (Å²) in [5.74, 6) is 1.04. The van der Waals surface area contributed by atoms with E-state index in [1.165, 1.54) is 18.4 Å². The maximum atomic E-state index is 5.28. The largest absolute Gasteiger partial charge is 0.469 e. The molecule has 0 aliphatic heterocycles. The number of hydrogen-bond donors (Lipinski definition) is 1. The number of rotatable bonds is 6. The van der Waals surface area contributed by atoms with Gasteiger partial charge in [0.25, 0.3) is 0 Å². The molecule has 0 atom stereocenters. The van der Waals surface area contributed by atoms with Gasteiger partial charge in [-0.3, -0.25) is 0 Å². The van der Waals surface area contributed by atoms with Crippen LogP contribution in [0.1, 0.15) is 24.2 Å². The molecule has 0 bridgehead atoms. The van der Waals surface area contributed by atoms with Crippen molar-refractivity contribution in [1.82, 2.24) is 10.2 Å². The molecule has 0 saturated heterocycles. The number of nitrogens with zero attached hydrogens (tertiary/aromatic N) is 1. The molecule has 84 valence electrons. The summed E-state index contributed by atoms with van der Waals surface area (Å²) < 4.78 is 5.28. The Balaban J connectivity index is 1.67. The van der Waals surface area contributed by atoms with Gasteiger partial charge in [-0.15, -0.1) is 0 Å². The molecule has 1 saturated carbocycles. The molecule has 1 aromatic rings. The van der Waals surface area contributed by atoms with E-state index >= 15 is 0 Å². The summed E-state index contributed by atoms with van der Waals surface area (Å²) in [6.07, 6.45) is 4.50. The second-order valence-electron chi connectivity index (χ2n) is 4.47. The fraction of sp³-hybridized carbons (Fsp3) is 0.667. The first-order chi connectivity index (χ1) is 7.25. The topological polar surface area (TPSA) is 28.4 Å². The number of nitrogens with one attached hydrogen (secondary N) is 1. The normalized spacial score (nSPS) is 16.2. The fourth-order valence-corrected chi connectivity index (χ4v) is 1.69. The molecular formula is C12H20N2O. The smallest absolute Gasteiger partial charge is 0.105 e. The molecule has 3 nitrogen and oxygen atoms in total. The first kappa shape index (κ1) is 10.7. The zero-order valence-electron chi connectivity index (χ0n) is 9.62. The molecular weight excluding hydrogens is 188 g/mol. The number of aryl methyl sites for hydroxylation is 1. The Bertz CT molecular complexity index is 304. The number of hydrogen-bond acceptors (Lipinski definition) is 3. The highest BCUT2D eigenvalue weighted by Gasteiger charge is 2.19. The van der Waals surface area contributed by atoms with E-state index in [-0.39, 0.29) is 0 Å². The van der Waals surface area contributed by atoms with Gasteiger partial charge in [0.1, 0.15) is 5.76 Å². The van der Waals surface area contributed by atoms with Gasteiger partial charge in [0.2, 0.25) is 0 Å². The van der Waals surface area contributed by atoms with E-state index in [9.17, 15) is 0 Å². The molecule has 1 aliphatic carbocycles. The van der Waals surface area contributed by atoms with Gasteiger partial charge in [0.15, 0.2) is 0 Å². The van der Waals surface area contributed by atoms with Crippen LogP contribution in [0.25, 0.3) is 0 Å². The first-order valence-electron chi connectivity index (χ1n) is 5.70. The lowest BCUT2D eigenvalue weighted by Crippen LogP contribution is -2.30. The van der Waals surface area contributed by atoms with Crippen LogP contribution in [0.4, 0.5) is 0 Å². The Kier molecular flexibility index (Phi) is 3.44. The molecule has 1 fully saturated rings.